The summed E-state index contributed by atoms with van der Waals surface area (Å²) in [6.07, 6.45) is 1.28. The van der Waals surface area contributed by atoms with Crippen molar-refractivity contribution >= 4 is 11.8 Å². The number of nitro groups is 2. The predicted octanol–water partition coefficient (Wildman–Crippen LogP) is 1.60. The van der Waals surface area contributed by atoms with E-state index in [-0.39, 0.29) is 18.0 Å². The summed E-state index contributed by atoms with van der Waals surface area (Å²) in [5, 5.41) is 21.0. The maximum absolute atomic E-state index is 10.5. The third-order valence-corrected chi connectivity index (χ3v) is 2.14. The van der Waals surface area contributed by atoms with Gasteiger partial charge in [-0.2, -0.15) is 0 Å². The molecule has 1 aliphatic heterocycles. The van der Waals surface area contributed by atoms with E-state index in [9.17, 15) is 20.2 Å². The number of nitrogens with zero attached hydrogens (tertiary/aromatic N) is 2. The minimum absolute atomic E-state index is 0.118. The summed E-state index contributed by atoms with van der Waals surface area (Å²) in [7, 11) is 0. The van der Waals surface area contributed by atoms with E-state index in [4.69, 9.17) is 4.74 Å². The fourth-order valence-corrected chi connectivity index (χ4v) is 1.37. The van der Waals surface area contributed by atoms with Crippen LogP contribution in [0.25, 0.3) is 6.08 Å². The van der Waals surface area contributed by atoms with Crippen LogP contribution in [0.4, 0.5) is 5.69 Å². The smallest absolute Gasteiger partial charge is 0.284 e. The highest BCUT2D eigenvalue weighted by molar-refractivity contribution is 5.63. The summed E-state index contributed by atoms with van der Waals surface area (Å²) in [4.78, 5) is 19.9. The van der Waals surface area contributed by atoms with Crippen LogP contribution < -0.4 is 4.74 Å². The number of ether oxygens (including phenoxy) is 1. The van der Waals surface area contributed by atoms with Gasteiger partial charge in [-0.3, -0.25) is 20.2 Å². The maximum Gasteiger partial charge on any atom is 0.284 e. The van der Waals surface area contributed by atoms with Crippen molar-refractivity contribution in [3.8, 4) is 5.75 Å². The van der Waals surface area contributed by atoms with Gasteiger partial charge in [0.2, 0.25) is 0 Å². The third-order valence-electron chi connectivity index (χ3n) is 2.14. The van der Waals surface area contributed by atoms with E-state index < -0.39 is 9.85 Å². The molecule has 1 aromatic rings. The lowest BCUT2D eigenvalue weighted by atomic mass is 10.1. The Kier molecular flexibility index (Phi) is 2.28. The molecule has 82 valence electrons. The molecule has 0 spiro atoms. The molecule has 0 fully saturated rings. The molecule has 0 amide bonds. The second-order valence-electron chi connectivity index (χ2n) is 3.16. The first kappa shape index (κ1) is 10.1. The molecule has 0 bridgehead atoms. The zero-order valence-electron chi connectivity index (χ0n) is 7.95. The fraction of sp³-hybridized carbons (Fsp3) is 0.111. The van der Waals surface area contributed by atoms with Crippen molar-refractivity contribution in [2.24, 2.45) is 0 Å². The molecule has 0 N–H and O–H groups in total. The van der Waals surface area contributed by atoms with Crippen LogP contribution in [-0.4, -0.2) is 16.5 Å². The van der Waals surface area contributed by atoms with Gasteiger partial charge in [-0.25, -0.2) is 0 Å². The second-order valence-corrected chi connectivity index (χ2v) is 3.16. The van der Waals surface area contributed by atoms with Gasteiger partial charge in [0.15, 0.2) is 6.61 Å². The summed E-state index contributed by atoms with van der Waals surface area (Å²) in [5.41, 5.74) is 0.114. The Morgan fingerprint density at radius 3 is 2.56 bits per heavy atom. The van der Waals surface area contributed by atoms with E-state index >= 15 is 0 Å². The van der Waals surface area contributed by atoms with Gasteiger partial charge in [-0.05, 0) is 6.07 Å². The fourth-order valence-electron chi connectivity index (χ4n) is 1.37. The summed E-state index contributed by atoms with van der Waals surface area (Å²) in [5.74, 6) is 0.413. The largest absolute Gasteiger partial charge is 0.482 e. The van der Waals surface area contributed by atoms with E-state index in [1.54, 1.807) is 0 Å². The van der Waals surface area contributed by atoms with Crippen molar-refractivity contribution in [1.82, 2.24) is 0 Å². The molecule has 16 heavy (non-hydrogen) atoms. The quantitative estimate of drug-likeness (QED) is 0.559. The number of rotatable bonds is 2. The van der Waals surface area contributed by atoms with Crippen molar-refractivity contribution in [1.29, 1.82) is 0 Å². The molecule has 1 aliphatic rings. The van der Waals surface area contributed by atoms with Gasteiger partial charge < -0.3 is 4.74 Å². The highest BCUT2D eigenvalue weighted by Crippen LogP contribution is 2.29. The van der Waals surface area contributed by atoms with Crippen LogP contribution in [0.5, 0.6) is 5.75 Å². The number of fused-ring (bicyclic) bond motifs is 1. The van der Waals surface area contributed by atoms with Crippen LogP contribution in [0.1, 0.15) is 5.56 Å². The molecule has 1 aromatic carbocycles. The van der Waals surface area contributed by atoms with E-state index in [1.807, 2.05) is 0 Å². The lowest BCUT2D eigenvalue weighted by Gasteiger charge is -2.12. The Labute approximate surface area is 89.3 Å². The molecular weight excluding hydrogens is 216 g/mol. The van der Waals surface area contributed by atoms with E-state index in [0.29, 0.717) is 11.3 Å². The van der Waals surface area contributed by atoms with Crippen molar-refractivity contribution < 1.29 is 14.6 Å². The molecule has 0 radical (unpaired) electrons. The molecule has 1 heterocycles. The van der Waals surface area contributed by atoms with Crippen molar-refractivity contribution in [3.05, 3.63) is 49.7 Å². The Morgan fingerprint density at radius 2 is 1.94 bits per heavy atom. The maximum atomic E-state index is 10.5. The van der Waals surface area contributed by atoms with Gasteiger partial charge in [0.25, 0.3) is 11.4 Å². The zero-order chi connectivity index (χ0) is 11.7. The van der Waals surface area contributed by atoms with E-state index in [2.05, 4.69) is 0 Å². The molecule has 0 atom stereocenters. The summed E-state index contributed by atoms with van der Waals surface area (Å²) >= 11 is 0. The predicted molar refractivity (Wildman–Crippen MR) is 53.6 cm³/mol. The molecule has 0 aliphatic carbocycles. The SMILES string of the molecule is O=[N+]([O-])C1=Cc2cc([N+](=O)[O-])ccc2OC1. The first-order valence-corrected chi connectivity index (χ1v) is 4.34. The number of non-ortho nitro benzene ring substituents is 1. The molecule has 0 saturated carbocycles. The van der Waals surface area contributed by atoms with Crippen LogP contribution in [0.3, 0.4) is 0 Å². The average Bonchev–Trinajstić information content (AvgIpc) is 2.27. The van der Waals surface area contributed by atoms with Gasteiger partial charge >= 0.3 is 0 Å². The number of hydrogen-bond donors (Lipinski definition) is 0. The van der Waals surface area contributed by atoms with Crippen LogP contribution in [0.2, 0.25) is 0 Å². The minimum atomic E-state index is -0.568. The monoisotopic (exact) mass is 222 g/mol. The molecule has 2 rings (SSSR count). The Balaban J connectivity index is 2.47. The normalized spacial score (nSPS) is 13.4. The number of benzene rings is 1. The summed E-state index contributed by atoms with van der Waals surface area (Å²) in [6, 6.07) is 3.97. The standard InChI is InChI=1S/C9H6N2O5/c12-10(13)7-1-2-9-6(3-7)4-8(5-16-9)11(14)15/h1-4H,5H2. The number of hydrogen-bond acceptors (Lipinski definition) is 5. The topological polar surface area (TPSA) is 95.5 Å². The molecule has 0 aromatic heterocycles. The molecule has 0 unspecified atom stereocenters. The van der Waals surface area contributed by atoms with Gasteiger partial charge in [0, 0.05) is 23.8 Å². The van der Waals surface area contributed by atoms with Crippen LogP contribution in [0.15, 0.2) is 23.9 Å². The molecule has 7 heteroatoms. The summed E-state index contributed by atoms with van der Waals surface area (Å²) < 4.78 is 5.10. The Hall–Kier alpha value is -2.44. The van der Waals surface area contributed by atoms with E-state index in [1.165, 1.54) is 24.3 Å². The van der Waals surface area contributed by atoms with Crippen LogP contribution in [0, 0.1) is 20.2 Å². The van der Waals surface area contributed by atoms with Gasteiger partial charge in [-0.15, -0.1) is 0 Å². The van der Waals surface area contributed by atoms with Gasteiger partial charge in [0.05, 0.1) is 9.85 Å². The molecule has 7 nitrogen and oxygen atoms in total. The average molecular weight is 222 g/mol. The first-order chi connectivity index (χ1) is 7.58. The zero-order valence-corrected chi connectivity index (χ0v) is 7.95. The number of nitro benzene ring substituents is 1. The van der Waals surface area contributed by atoms with Gasteiger partial charge in [-0.1, -0.05) is 0 Å². The Bertz CT molecular complexity index is 509. The summed E-state index contributed by atoms with van der Waals surface area (Å²) in [6.45, 7) is -0.127. The van der Waals surface area contributed by atoms with Crippen LogP contribution in [-0.2, 0) is 0 Å². The molecular formula is C9H6N2O5. The third kappa shape index (κ3) is 1.70. The van der Waals surface area contributed by atoms with E-state index in [0.717, 1.165) is 0 Å². The lowest BCUT2D eigenvalue weighted by Crippen LogP contribution is -2.13. The minimum Gasteiger partial charge on any atom is -0.482 e. The highest BCUT2D eigenvalue weighted by atomic mass is 16.6. The highest BCUT2D eigenvalue weighted by Gasteiger charge is 2.21. The first-order valence-electron chi connectivity index (χ1n) is 4.34. The van der Waals surface area contributed by atoms with Crippen LogP contribution >= 0.6 is 0 Å². The van der Waals surface area contributed by atoms with Crippen molar-refractivity contribution in [2.75, 3.05) is 6.61 Å². The van der Waals surface area contributed by atoms with Crippen molar-refractivity contribution in [3.63, 3.8) is 0 Å². The molecule has 0 saturated heterocycles. The van der Waals surface area contributed by atoms with Gasteiger partial charge in [0.1, 0.15) is 5.75 Å². The second kappa shape index (κ2) is 3.61. The van der Waals surface area contributed by atoms with Crippen molar-refractivity contribution in [2.45, 2.75) is 0 Å². The lowest BCUT2D eigenvalue weighted by molar-refractivity contribution is -0.427. The Morgan fingerprint density at radius 1 is 1.19 bits per heavy atom.